The third-order valence-electron chi connectivity index (χ3n) is 13.7. The predicted molar refractivity (Wildman–Crippen MR) is 322 cm³/mol. The number of aliphatic hydroxyl groups is 2. The summed E-state index contributed by atoms with van der Waals surface area (Å²) in [5.74, 6) is -0.0747. The van der Waals surface area contributed by atoms with Crippen molar-refractivity contribution < 1.29 is 15.0 Å². The zero-order valence-electron chi connectivity index (χ0n) is 47.7. The molecule has 0 bridgehead atoms. The molecule has 1 amide bonds. The van der Waals surface area contributed by atoms with Crippen molar-refractivity contribution in [3.8, 4) is 0 Å². The van der Waals surface area contributed by atoms with Gasteiger partial charge in [-0.1, -0.05) is 309 Å². The highest BCUT2D eigenvalue weighted by atomic mass is 16.3. The normalized spacial score (nSPS) is 13.6. The predicted octanol–water partition coefficient (Wildman–Crippen LogP) is 21.0. The van der Waals surface area contributed by atoms with Crippen LogP contribution < -0.4 is 5.32 Å². The van der Waals surface area contributed by atoms with Gasteiger partial charge in [0.25, 0.3) is 0 Å². The minimum atomic E-state index is -0.868. The number of carbonyl (C=O) groups excluding carboxylic acids is 1. The van der Waals surface area contributed by atoms with Gasteiger partial charge in [-0.25, -0.2) is 0 Å². The molecule has 0 aliphatic rings. The molecule has 0 aromatic carbocycles. The van der Waals surface area contributed by atoms with Crippen LogP contribution in [-0.4, -0.2) is 34.9 Å². The zero-order valence-corrected chi connectivity index (χ0v) is 47.7. The summed E-state index contributed by atoms with van der Waals surface area (Å²) in [4.78, 5) is 12.5. The first-order chi connectivity index (χ1) is 35.7. The number of carbonyl (C=O) groups is 1. The maximum Gasteiger partial charge on any atom is 0.220 e. The number of hydrogen-bond donors (Lipinski definition) is 3. The van der Waals surface area contributed by atoms with E-state index in [2.05, 4.69) is 116 Å². The van der Waals surface area contributed by atoms with Crippen LogP contribution in [0.15, 0.2) is 109 Å². The Hall–Kier alpha value is -2.95. The SMILES string of the molecule is CC/C=C\C/C=C\C/C=C\C/C=C\C/C=C\C/C=C\C/C=C\CCCCCCCCCCCCCCCCCC(=O)NC(CO)C(O)/C=C/CC/C=C/CCCCCCCCCCCCCCCCCCC. The molecular weight excluding hydrogens is 879 g/mol. The van der Waals surface area contributed by atoms with E-state index in [1.165, 1.54) is 199 Å². The standard InChI is InChI=1S/C68H119NO3/c1-3-5-7-9-11-13-15-17-19-21-23-25-27-28-29-30-31-32-33-34-35-36-37-38-39-40-42-44-46-48-50-52-54-56-58-60-62-64-68(72)69-66(65-70)67(71)63-61-59-57-55-53-51-49-47-45-43-41-26-24-22-20-18-16-14-12-10-8-6-4-2/h5,7,11,13,17,19,23,25,28-29,31-32,34-35,53,55,61,63,66-67,70-71H,3-4,6,8-10,12,14-16,18,20-22,24,26-27,30,33,36-52,54,56-60,62,64-65H2,1-2H3,(H,69,72)/b7-5-,13-11-,19-17-,25-23-,29-28-,32-31-,35-34-,55-53+,63-61+. The molecule has 0 rings (SSSR count). The minimum absolute atomic E-state index is 0.0747. The lowest BCUT2D eigenvalue weighted by Crippen LogP contribution is -2.45. The molecule has 0 aliphatic carbocycles. The average molecular weight is 999 g/mol. The number of aliphatic hydroxyl groups excluding tert-OH is 2. The Morgan fingerprint density at radius 1 is 0.347 bits per heavy atom. The van der Waals surface area contributed by atoms with Gasteiger partial charge < -0.3 is 15.5 Å². The topological polar surface area (TPSA) is 69.6 Å². The van der Waals surface area contributed by atoms with Crippen molar-refractivity contribution in [2.75, 3.05) is 6.61 Å². The fourth-order valence-electron chi connectivity index (χ4n) is 9.06. The Bertz CT molecular complexity index is 1360. The maximum atomic E-state index is 12.5. The van der Waals surface area contributed by atoms with Crippen LogP contribution in [-0.2, 0) is 4.79 Å². The van der Waals surface area contributed by atoms with Crippen molar-refractivity contribution in [1.29, 1.82) is 0 Å². The Kier molecular flexibility index (Phi) is 59.8. The molecule has 0 saturated carbocycles. The highest BCUT2D eigenvalue weighted by Gasteiger charge is 2.18. The van der Waals surface area contributed by atoms with Crippen LogP contribution in [0.25, 0.3) is 0 Å². The second-order valence-electron chi connectivity index (χ2n) is 20.7. The molecular formula is C68H119NO3. The first-order valence-corrected chi connectivity index (χ1v) is 31.1. The molecule has 0 heterocycles. The summed E-state index contributed by atoms with van der Waals surface area (Å²) in [6.45, 7) is 4.20. The van der Waals surface area contributed by atoms with E-state index in [4.69, 9.17) is 0 Å². The summed E-state index contributed by atoms with van der Waals surface area (Å²) in [5, 5.41) is 23.2. The van der Waals surface area contributed by atoms with Crippen LogP contribution in [0.2, 0.25) is 0 Å². The van der Waals surface area contributed by atoms with Gasteiger partial charge in [0.1, 0.15) is 0 Å². The smallest absolute Gasteiger partial charge is 0.220 e. The summed E-state index contributed by atoms with van der Waals surface area (Å²) in [6, 6.07) is -0.646. The highest BCUT2D eigenvalue weighted by molar-refractivity contribution is 5.76. The molecule has 414 valence electrons. The number of hydrogen-bond acceptors (Lipinski definition) is 3. The van der Waals surface area contributed by atoms with Gasteiger partial charge in [0.15, 0.2) is 0 Å². The number of unbranched alkanes of at least 4 members (excludes halogenated alkanes) is 33. The average Bonchev–Trinajstić information content (AvgIpc) is 3.39. The molecule has 4 heteroatoms. The number of allylic oxidation sites excluding steroid dienone is 17. The second kappa shape index (κ2) is 62.3. The van der Waals surface area contributed by atoms with Crippen LogP contribution in [0.3, 0.4) is 0 Å². The maximum absolute atomic E-state index is 12.5. The number of rotatable bonds is 56. The quantitative estimate of drug-likeness (QED) is 0.0420. The van der Waals surface area contributed by atoms with E-state index in [-0.39, 0.29) is 12.5 Å². The van der Waals surface area contributed by atoms with Crippen molar-refractivity contribution in [2.45, 2.75) is 309 Å². The minimum Gasteiger partial charge on any atom is -0.394 e. The summed E-state index contributed by atoms with van der Waals surface area (Å²) < 4.78 is 0. The molecule has 3 N–H and O–H groups in total. The molecule has 4 nitrogen and oxygen atoms in total. The fraction of sp³-hybridized carbons (Fsp3) is 0.721. The zero-order chi connectivity index (χ0) is 52.0. The van der Waals surface area contributed by atoms with Crippen molar-refractivity contribution >= 4 is 5.91 Å². The van der Waals surface area contributed by atoms with Crippen molar-refractivity contribution in [2.24, 2.45) is 0 Å². The van der Waals surface area contributed by atoms with Crippen LogP contribution in [0.1, 0.15) is 296 Å². The third-order valence-corrected chi connectivity index (χ3v) is 13.7. The van der Waals surface area contributed by atoms with E-state index in [1.807, 2.05) is 6.08 Å². The Morgan fingerprint density at radius 2 is 0.625 bits per heavy atom. The van der Waals surface area contributed by atoms with Gasteiger partial charge in [-0.15, -0.1) is 0 Å². The molecule has 0 radical (unpaired) electrons. The summed E-state index contributed by atoms with van der Waals surface area (Å²) >= 11 is 0. The largest absolute Gasteiger partial charge is 0.394 e. The van der Waals surface area contributed by atoms with Crippen molar-refractivity contribution in [1.82, 2.24) is 5.32 Å². The lowest BCUT2D eigenvalue weighted by Gasteiger charge is -2.19. The molecule has 0 aromatic rings. The molecule has 72 heavy (non-hydrogen) atoms. The van der Waals surface area contributed by atoms with Crippen LogP contribution in [0, 0.1) is 0 Å². The van der Waals surface area contributed by atoms with E-state index in [1.54, 1.807) is 6.08 Å². The highest BCUT2D eigenvalue weighted by Crippen LogP contribution is 2.17. The third kappa shape index (κ3) is 57.9. The summed E-state index contributed by atoms with van der Waals surface area (Å²) in [5.41, 5.74) is 0. The van der Waals surface area contributed by atoms with E-state index < -0.39 is 12.1 Å². The summed E-state index contributed by atoms with van der Waals surface area (Å²) in [6.07, 6.45) is 94.2. The fourth-order valence-corrected chi connectivity index (χ4v) is 9.06. The van der Waals surface area contributed by atoms with Gasteiger partial charge in [-0.2, -0.15) is 0 Å². The molecule has 0 saturated heterocycles. The number of amides is 1. The Balaban J connectivity index is 3.54. The molecule has 0 spiro atoms. The Morgan fingerprint density at radius 3 is 0.972 bits per heavy atom. The van der Waals surface area contributed by atoms with Crippen molar-refractivity contribution in [3.05, 3.63) is 109 Å². The van der Waals surface area contributed by atoms with Gasteiger partial charge in [0.2, 0.25) is 5.91 Å². The molecule has 0 aliphatic heterocycles. The van der Waals surface area contributed by atoms with Gasteiger partial charge >= 0.3 is 0 Å². The van der Waals surface area contributed by atoms with Crippen LogP contribution in [0.4, 0.5) is 0 Å². The molecule has 2 atom stereocenters. The molecule has 2 unspecified atom stereocenters. The van der Waals surface area contributed by atoms with E-state index in [0.29, 0.717) is 6.42 Å². The molecule has 0 fully saturated rings. The summed E-state index contributed by atoms with van der Waals surface area (Å²) in [7, 11) is 0. The lowest BCUT2D eigenvalue weighted by atomic mass is 10.0. The first kappa shape index (κ1) is 69.0. The lowest BCUT2D eigenvalue weighted by molar-refractivity contribution is -0.123. The van der Waals surface area contributed by atoms with Gasteiger partial charge in [-0.05, 0) is 89.9 Å². The Labute approximate surface area is 448 Å². The number of nitrogens with one attached hydrogen (secondary N) is 1. The molecule has 0 aromatic heterocycles. The van der Waals surface area contributed by atoms with E-state index in [9.17, 15) is 15.0 Å². The van der Waals surface area contributed by atoms with Gasteiger partial charge in [-0.3, -0.25) is 4.79 Å². The second-order valence-corrected chi connectivity index (χ2v) is 20.7. The first-order valence-electron chi connectivity index (χ1n) is 31.1. The van der Waals surface area contributed by atoms with Gasteiger partial charge in [0, 0.05) is 6.42 Å². The van der Waals surface area contributed by atoms with Crippen molar-refractivity contribution in [3.63, 3.8) is 0 Å². The monoisotopic (exact) mass is 998 g/mol. The van der Waals surface area contributed by atoms with Gasteiger partial charge in [0.05, 0.1) is 18.8 Å². The van der Waals surface area contributed by atoms with E-state index >= 15 is 0 Å². The van der Waals surface area contributed by atoms with Crippen LogP contribution in [0.5, 0.6) is 0 Å². The van der Waals surface area contributed by atoms with Crippen LogP contribution >= 0.6 is 0 Å². The van der Waals surface area contributed by atoms with E-state index in [0.717, 1.165) is 77.0 Å².